The van der Waals surface area contributed by atoms with Crippen molar-refractivity contribution >= 4 is 76.8 Å². The molecule has 5 heteroatoms. The Morgan fingerprint density at radius 1 is 0.344 bits per heavy atom. The predicted molar refractivity (Wildman–Crippen MR) is 253 cm³/mol. The van der Waals surface area contributed by atoms with Gasteiger partial charge in [0.25, 0.3) is 0 Å². The van der Waals surface area contributed by atoms with E-state index in [9.17, 15) is 0 Å². The molecule has 282 valence electrons. The minimum absolute atomic E-state index is 0.463. The van der Waals surface area contributed by atoms with Gasteiger partial charge in [-0.25, -0.2) is 9.69 Å². The molecule has 9 aromatic carbocycles. The van der Waals surface area contributed by atoms with Gasteiger partial charge >= 0.3 is 0 Å². The molecule has 0 aliphatic heterocycles. The van der Waals surface area contributed by atoms with E-state index in [-0.39, 0.29) is 0 Å². The average molecular weight is 776 g/mol. The zero-order chi connectivity index (χ0) is 40.6. The predicted octanol–water partition coefficient (Wildman–Crippen LogP) is 15.4. The number of aromatic nitrogens is 3. The molecule has 3 aromatic heterocycles. The van der Waals surface area contributed by atoms with Gasteiger partial charge in [0.05, 0.1) is 51.9 Å². The molecule has 0 unspecified atom stereocenters. The SMILES string of the molecule is [C-]#[N+]c1cccc([N+]#[C-])c1-c1ccc(-n2c3ccc(-n4c5ccccc5c5ccccc54)cc3c3ccc4c(c5ccccc5n4-c4ccccc4)c32)c(-c2ccccc2)c1. The standard InChI is InChI=1S/C56H33N5/c1-57-46-23-15-24-47(58-2)54(46)37-28-31-51(44(34-37)36-16-5-3-6-17-36)61-52-32-29-39(60-48-25-12-9-20-40(48)41-21-10-13-26-49(41)60)35-45(52)42-30-33-53-55(56(42)61)43-22-11-14-27-50(43)59(53)38-18-7-4-8-19-38/h3-35H. The van der Waals surface area contributed by atoms with Crippen molar-refractivity contribution < 1.29 is 0 Å². The van der Waals surface area contributed by atoms with E-state index in [0.29, 0.717) is 16.9 Å². The first kappa shape index (κ1) is 34.4. The molecule has 0 saturated carbocycles. The molecule has 0 spiro atoms. The van der Waals surface area contributed by atoms with Crippen molar-refractivity contribution in [1.82, 2.24) is 13.7 Å². The van der Waals surface area contributed by atoms with Crippen molar-refractivity contribution in [2.45, 2.75) is 0 Å². The maximum Gasteiger partial charge on any atom is 0.184 e. The normalized spacial score (nSPS) is 11.6. The van der Waals surface area contributed by atoms with Crippen LogP contribution >= 0.6 is 0 Å². The van der Waals surface area contributed by atoms with Crippen LogP contribution < -0.4 is 0 Å². The number of fused-ring (bicyclic) bond motifs is 10. The van der Waals surface area contributed by atoms with E-state index in [1.165, 1.54) is 32.6 Å². The molecule has 61 heavy (non-hydrogen) atoms. The van der Waals surface area contributed by atoms with E-state index < -0.39 is 0 Å². The van der Waals surface area contributed by atoms with Crippen LogP contribution in [0, 0.1) is 13.1 Å². The summed E-state index contributed by atoms with van der Waals surface area (Å²) in [7, 11) is 0. The molecule has 0 aliphatic carbocycles. The first-order chi connectivity index (χ1) is 30.2. The zero-order valence-electron chi connectivity index (χ0n) is 32.8. The summed E-state index contributed by atoms with van der Waals surface area (Å²) in [4.78, 5) is 7.73. The third kappa shape index (κ3) is 5.05. The molecule has 0 bridgehead atoms. The highest BCUT2D eigenvalue weighted by Crippen LogP contribution is 2.46. The largest absolute Gasteiger partial charge is 0.309 e. The summed E-state index contributed by atoms with van der Waals surface area (Å²) in [6, 6.07) is 70.4. The second kappa shape index (κ2) is 13.5. The second-order valence-corrected chi connectivity index (χ2v) is 15.4. The molecule has 5 nitrogen and oxygen atoms in total. The van der Waals surface area contributed by atoms with Crippen LogP contribution in [-0.2, 0) is 0 Å². The smallest absolute Gasteiger partial charge is 0.184 e. The molecule has 0 saturated heterocycles. The van der Waals surface area contributed by atoms with Crippen LogP contribution in [0.3, 0.4) is 0 Å². The Hall–Kier alpha value is -8.64. The zero-order valence-corrected chi connectivity index (χ0v) is 32.8. The molecule has 0 aliphatic rings. The maximum absolute atomic E-state index is 8.04. The van der Waals surface area contributed by atoms with Crippen molar-refractivity contribution in [2.24, 2.45) is 0 Å². The first-order valence-electron chi connectivity index (χ1n) is 20.3. The topological polar surface area (TPSA) is 23.5 Å². The number of benzene rings is 9. The lowest BCUT2D eigenvalue weighted by atomic mass is 9.95. The van der Waals surface area contributed by atoms with Crippen LogP contribution in [0.5, 0.6) is 0 Å². The number of hydrogen-bond acceptors (Lipinski definition) is 0. The van der Waals surface area contributed by atoms with E-state index in [1.54, 1.807) is 18.2 Å². The highest BCUT2D eigenvalue weighted by molar-refractivity contribution is 6.26. The Morgan fingerprint density at radius 3 is 1.57 bits per heavy atom. The molecule has 0 fully saturated rings. The summed E-state index contributed by atoms with van der Waals surface area (Å²) in [6.45, 7) is 16.1. The summed E-state index contributed by atoms with van der Waals surface area (Å²) in [5.41, 5.74) is 14.5. The van der Waals surface area contributed by atoms with Gasteiger partial charge in [-0.05, 0) is 83.4 Å². The van der Waals surface area contributed by atoms with Crippen LogP contribution in [0.1, 0.15) is 0 Å². The lowest BCUT2D eigenvalue weighted by molar-refractivity contribution is 1.17. The van der Waals surface area contributed by atoms with Crippen molar-refractivity contribution in [3.8, 4) is 39.3 Å². The Bertz CT molecular complexity index is 3750. The van der Waals surface area contributed by atoms with Crippen LogP contribution in [0.25, 0.3) is 114 Å². The molecular formula is C56H33N5. The third-order valence-electron chi connectivity index (χ3n) is 12.3. The van der Waals surface area contributed by atoms with Crippen LogP contribution in [0.15, 0.2) is 200 Å². The molecule has 0 N–H and O–H groups in total. The van der Waals surface area contributed by atoms with E-state index >= 15 is 0 Å². The Kier molecular flexibility index (Phi) is 7.59. The molecule has 12 rings (SSSR count). The van der Waals surface area contributed by atoms with Gasteiger partial charge in [-0.15, -0.1) is 0 Å². The van der Waals surface area contributed by atoms with Gasteiger partial charge < -0.3 is 13.7 Å². The minimum atomic E-state index is 0.463. The lowest BCUT2D eigenvalue weighted by Gasteiger charge is -2.18. The van der Waals surface area contributed by atoms with Gasteiger partial charge in [0, 0.05) is 49.3 Å². The molecular weight excluding hydrogens is 743 g/mol. The fraction of sp³-hybridized carbons (Fsp3) is 0. The van der Waals surface area contributed by atoms with E-state index in [0.717, 1.165) is 66.6 Å². The van der Waals surface area contributed by atoms with Gasteiger partial charge in [-0.1, -0.05) is 133 Å². The molecule has 12 aromatic rings. The number of nitrogens with zero attached hydrogens (tertiary/aromatic N) is 5. The number of rotatable bonds is 5. The average Bonchev–Trinajstić information content (AvgIpc) is 3.97. The fourth-order valence-electron chi connectivity index (χ4n) is 9.74. The Balaban J connectivity index is 1.24. The molecule has 0 atom stereocenters. The summed E-state index contributed by atoms with van der Waals surface area (Å²) in [6.07, 6.45) is 0. The van der Waals surface area contributed by atoms with Gasteiger partial charge in [0.15, 0.2) is 11.4 Å². The van der Waals surface area contributed by atoms with Gasteiger partial charge in [-0.3, -0.25) is 0 Å². The van der Waals surface area contributed by atoms with Crippen molar-refractivity contribution in [1.29, 1.82) is 0 Å². The van der Waals surface area contributed by atoms with E-state index in [1.807, 2.05) is 6.07 Å². The second-order valence-electron chi connectivity index (χ2n) is 15.4. The highest BCUT2D eigenvalue weighted by Gasteiger charge is 2.24. The molecule has 0 radical (unpaired) electrons. The van der Waals surface area contributed by atoms with Crippen LogP contribution in [0.4, 0.5) is 11.4 Å². The number of hydrogen-bond donors (Lipinski definition) is 0. The Morgan fingerprint density at radius 2 is 0.902 bits per heavy atom. The van der Waals surface area contributed by atoms with Crippen LogP contribution in [-0.4, -0.2) is 13.7 Å². The van der Waals surface area contributed by atoms with Gasteiger partial charge in [0.2, 0.25) is 0 Å². The quantitative estimate of drug-likeness (QED) is 0.156. The van der Waals surface area contributed by atoms with E-state index in [4.69, 9.17) is 13.1 Å². The summed E-state index contributed by atoms with van der Waals surface area (Å²) in [5.74, 6) is 0. The minimum Gasteiger partial charge on any atom is -0.309 e. The third-order valence-corrected chi connectivity index (χ3v) is 12.3. The van der Waals surface area contributed by atoms with Gasteiger partial charge in [0.1, 0.15) is 0 Å². The van der Waals surface area contributed by atoms with Gasteiger partial charge in [-0.2, -0.15) is 0 Å². The Labute approximate surface area is 351 Å². The summed E-state index contributed by atoms with van der Waals surface area (Å²) < 4.78 is 7.22. The molecule has 3 heterocycles. The lowest BCUT2D eigenvalue weighted by Crippen LogP contribution is -1.99. The van der Waals surface area contributed by atoms with Crippen LogP contribution in [0.2, 0.25) is 0 Å². The highest BCUT2D eigenvalue weighted by atomic mass is 15.0. The summed E-state index contributed by atoms with van der Waals surface area (Å²) >= 11 is 0. The van der Waals surface area contributed by atoms with Crippen molar-refractivity contribution in [3.63, 3.8) is 0 Å². The monoisotopic (exact) mass is 775 g/mol. The summed E-state index contributed by atoms with van der Waals surface area (Å²) in [5, 5.41) is 7.09. The van der Waals surface area contributed by atoms with Crippen molar-refractivity contribution in [2.75, 3.05) is 0 Å². The van der Waals surface area contributed by atoms with E-state index in [2.05, 4.69) is 199 Å². The maximum atomic E-state index is 8.04. The molecule has 0 amide bonds. The van der Waals surface area contributed by atoms with Crippen molar-refractivity contribution in [3.05, 3.63) is 223 Å². The number of para-hydroxylation sites is 4. The first-order valence-corrected chi connectivity index (χ1v) is 20.3. The fourth-order valence-corrected chi connectivity index (χ4v) is 9.74.